The largest absolute Gasteiger partial charge is 0.477 e. The Morgan fingerprint density at radius 1 is 1.08 bits per heavy atom. The lowest BCUT2D eigenvalue weighted by molar-refractivity contribution is -0.143. The molecule has 0 aliphatic rings. The van der Waals surface area contributed by atoms with Gasteiger partial charge in [-0.05, 0) is 31.2 Å². The summed E-state index contributed by atoms with van der Waals surface area (Å²) in [5, 5.41) is 10.2. The number of fused-ring (bicyclic) bond motifs is 1. The fourth-order valence-electron chi connectivity index (χ4n) is 2.70. The topological polar surface area (TPSA) is 68.5 Å². The van der Waals surface area contributed by atoms with Gasteiger partial charge in [0.1, 0.15) is 5.57 Å². The Balaban J connectivity index is 2.18. The average molecular weight is 335 g/mol. The summed E-state index contributed by atoms with van der Waals surface area (Å²) in [4.78, 5) is 23.4. The highest BCUT2D eigenvalue weighted by Gasteiger charge is 2.20. The minimum absolute atomic E-state index is 0.120. The fourth-order valence-corrected chi connectivity index (χ4v) is 2.70. The molecular formula is C20H17NO4. The highest BCUT2D eigenvalue weighted by atomic mass is 16.5. The van der Waals surface area contributed by atoms with E-state index in [9.17, 15) is 14.7 Å². The molecule has 25 heavy (non-hydrogen) atoms. The lowest BCUT2D eigenvalue weighted by Crippen LogP contribution is -2.15. The lowest BCUT2D eigenvalue weighted by atomic mass is 10.1. The highest BCUT2D eigenvalue weighted by molar-refractivity contribution is 6.17. The summed E-state index contributed by atoms with van der Waals surface area (Å²) in [5.74, 6) is -2.15. The van der Waals surface area contributed by atoms with E-state index in [4.69, 9.17) is 4.74 Å². The third-order valence-electron chi connectivity index (χ3n) is 3.80. The van der Waals surface area contributed by atoms with Gasteiger partial charge in [0.05, 0.1) is 12.1 Å². The van der Waals surface area contributed by atoms with Gasteiger partial charge in [-0.15, -0.1) is 0 Å². The van der Waals surface area contributed by atoms with Crippen LogP contribution in [0, 0.1) is 0 Å². The van der Waals surface area contributed by atoms with Crippen LogP contribution in [0.15, 0.2) is 66.4 Å². The maximum Gasteiger partial charge on any atom is 0.345 e. The maximum absolute atomic E-state index is 11.9. The first-order valence-electron chi connectivity index (χ1n) is 7.89. The predicted molar refractivity (Wildman–Crippen MR) is 95.5 cm³/mol. The van der Waals surface area contributed by atoms with Crippen molar-refractivity contribution in [1.29, 1.82) is 0 Å². The number of nitrogens with zero attached hydrogens (tertiary/aromatic N) is 1. The van der Waals surface area contributed by atoms with Crippen LogP contribution >= 0.6 is 0 Å². The third-order valence-corrected chi connectivity index (χ3v) is 3.80. The molecule has 0 bridgehead atoms. The minimum Gasteiger partial charge on any atom is -0.477 e. The van der Waals surface area contributed by atoms with Crippen LogP contribution in [0.5, 0.6) is 0 Å². The zero-order chi connectivity index (χ0) is 17.8. The lowest BCUT2D eigenvalue weighted by Gasteiger charge is -2.04. The van der Waals surface area contributed by atoms with Gasteiger partial charge >= 0.3 is 11.9 Å². The van der Waals surface area contributed by atoms with E-state index in [-0.39, 0.29) is 6.61 Å². The molecule has 0 saturated carbocycles. The number of carbonyl (C=O) groups is 2. The number of aromatic nitrogens is 1. The maximum atomic E-state index is 11.9. The van der Waals surface area contributed by atoms with Gasteiger partial charge in [0.25, 0.3) is 0 Å². The molecule has 0 aliphatic heterocycles. The molecule has 3 aromatic rings. The van der Waals surface area contributed by atoms with Crippen molar-refractivity contribution in [3.8, 4) is 5.69 Å². The second kappa shape index (κ2) is 7.05. The number of carboxylic acid groups (broad SMARTS) is 1. The Hall–Kier alpha value is -3.34. The number of ether oxygens (including phenoxy) is 1. The Morgan fingerprint density at radius 3 is 2.44 bits per heavy atom. The quantitative estimate of drug-likeness (QED) is 0.334. The van der Waals surface area contributed by atoms with Crippen LogP contribution in [-0.2, 0) is 14.3 Å². The first-order chi connectivity index (χ1) is 12.1. The van der Waals surface area contributed by atoms with E-state index in [1.807, 2.05) is 65.4 Å². The molecule has 5 nitrogen and oxygen atoms in total. The fraction of sp³-hybridized carbons (Fsp3) is 0.100. The van der Waals surface area contributed by atoms with Crippen molar-refractivity contribution in [3.05, 3.63) is 71.9 Å². The van der Waals surface area contributed by atoms with E-state index in [1.54, 1.807) is 6.92 Å². The molecule has 5 heteroatoms. The molecular weight excluding hydrogens is 318 g/mol. The molecule has 0 saturated heterocycles. The van der Waals surface area contributed by atoms with Gasteiger partial charge in [0, 0.05) is 22.8 Å². The summed E-state index contributed by atoms with van der Waals surface area (Å²) in [6, 6.07) is 17.3. The summed E-state index contributed by atoms with van der Waals surface area (Å²) >= 11 is 0. The molecule has 0 radical (unpaired) electrons. The molecule has 3 rings (SSSR count). The summed E-state index contributed by atoms with van der Waals surface area (Å²) in [6.45, 7) is 1.76. The number of carboxylic acids is 1. The van der Waals surface area contributed by atoms with E-state index in [0.29, 0.717) is 5.56 Å². The van der Waals surface area contributed by atoms with Gasteiger partial charge in [-0.25, -0.2) is 9.59 Å². The number of para-hydroxylation sites is 2. The van der Waals surface area contributed by atoms with Crippen molar-refractivity contribution in [2.45, 2.75) is 6.92 Å². The first kappa shape index (κ1) is 16.5. The second-order valence-electron chi connectivity index (χ2n) is 5.39. The zero-order valence-corrected chi connectivity index (χ0v) is 13.7. The Bertz CT molecular complexity index is 954. The molecule has 0 fully saturated rings. The molecule has 1 N–H and O–H groups in total. The predicted octanol–water partition coefficient (Wildman–Crippen LogP) is 3.66. The van der Waals surface area contributed by atoms with Crippen molar-refractivity contribution in [3.63, 3.8) is 0 Å². The number of hydrogen-bond acceptors (Lipinski definition) is 3. The SMILES string of the molecule is CCOC(=O)/C(=C/c1cn(-c2ccccc2)c2ccccc12)C(=O)O. The van der Waals surface area contributed by atoms with E-state index in [1.165, 1.54) is 6.08 Å². The number of benzene rings is 2. The van der Waals surface area contributed by atoms with Crippen LogP contribution in [0.3, 0.4) is 0 Å². The number of hydrogen-bond donors (Lipinski definition) is 1. The molecule has 0 unspecified atom stereocenters. The van der Waals surface area contributed by atoms with Crippen molar-refractivity contribution >= 4 is 28.9 Å². The van der Waals surface area contributed by atoms with Gasteiger partial charge in [-0.1, -0.05) is 36.4 Å². The third kappa shape index (κ3) is 3.30. The molecule has 1 aromatic heterocycles. The Morgan fingerprint density at radius 2 is 1.76 bits per heavy atom. The van der Waals surface area contributed by atoms with Crippen LogP contribution in [0.2, 0.25) is 0 Å². The molecule has 0 atom stereocenters. The molecule has 126 valence electrons. The summed E-state index contributed by atoms with van der Waals surface area (Å²) in [5.41, 5.74) is 2.13. The van der Waals surface area contributed by atoms with E-state index in [2.05, 4.69) is 0 Å². The van der Waals surface area contributed by atoms with E-state index >= 15 is 0 Å². The van der Waals surface area contributed by atoms with Gasteiger partial charge in [0.2, 0.25) is 0 Å². The molecule has 1 heterocycles. The standard InChI is InChI=1S/C20H17NO4/c1-2-25-20(24)17(19(22)23)12-14-13-21(15-8-4-3-5-9-15)18-11-7-6-10-16(14)18/h3-13H,2H2,1H3,(H,22,23)/b17-12+. The van der Waals surface area contributed by atoms with Crippen LogP contribution in [0.1, 0.15) is 12.5 Å². The van der Waals surface area contributed by atoms with Gasteiger partial charge in [0.15, 0.2) is 0 Å². The van der Waals surface area contributed by atoms with Crippen molar-refractivity contribution in [1.82, 2.24) is 4.57 Å². The molecule has 0 spiro atoms. The van der Waals surface area contributed by atoms with E-state index < -0.39 is 17.5 Å². The Labute approximate surface area is 144 Å². The second-order valence-corrected chi connectivity index (χ2v) is 5.39. The average Bonchev–Trinajstić information content (AvgIpc) is 2.99. The molecule has 2 aromatic carbocycles. The Kier molecular flexibility index (Phi) is 4.66. The van der Waals surface area contributed by atoms with Crippen molar-refractivity contribution < 1.29 is 19.4 Å². The van der Waals surface area contributed by atoms with Gasteiger partial charge < -0.3 is 14.4 Å². The minimum atomic E-state index is -1.31. The number of esters is 1. The molecule has 0 aliphatic carbocycles. The van der Waals surface area contributed by atoms with Crippen LogP contribution in [0.25, 0.3) is 22.7 Å². The first-order valence-corrected chi connectivity index (χ1v) is 7.89. The van der Waals surface area contributed by atoms with Crippen LogP contribution in [-0.4, -0.2) is 28.2 Å². The normalized spacial score (nSPS) is 11.5. The number of aliphatic carboxylic acids is 1. The van der Waals surface area contributed by atoms with Gasteiger partial charge in [-0.3, -0.25) is 0 Å². The van der Waals surface area contributed by atoms with Crippen LogP contribution < -0.4 is 0 Å². The van der Waals surface area contributed by atoms with Gasteiger partial charge in [-0.2, -0.15) is 0 Å². The highest BCUT2D eigenvalue weighted by Crippen LogP contribution is 2.26. The van der Waals surface area contributed by atoms with Crippen LogP contribution in [0.4, 0.5) is 0 Å². The van der Waals surface area contributed by atoms with Crippen molar-refractivity contribution in [2.75, 3.05) is 6.61 Å². The smallest absolute Gasteiger partial charge is 0.345 e. The monoisotopic (exact) mass is 335 g/mol. The zero-order valence-electron chi connectivity index (χ0n) is 13.7. The van der Waals surface area contributed by atoms with Crippen molar-refractivity contribution in [2.24, 2.45) is 0 Å². The number of rotatable bonds is 5. The number of carbonyl (C=O) groups excluding carboxylic acids is 1. The van der Waals surface area contributed by atoms with E-state index in [0.717, 1.165) is 16.6 Å². The summed E-state index contributed by atoms with van der Waals surface area (Å²) < 4.78 is 6.81. The summed E-state index contributed by atoms with van der Waals surface area (Å²) in [7, 11) is 0. The summed E-state index contributed by atoms with van der Waals surface area (Å²) in [6.07, 6.45) is 3.18. The molecule has 0 amide bonds.